The van der Waals surface area contributed by atoms with Crippen LogP contribution in [0.25, 0.3) is 22.0 Å². The number of hydrogen-bond donors (Lipinski definition) is 0. The van der Waals surface area contributed by atoms with Gasteiger partial charge in [0.2, 0.25) is 12.5 Å². The molecule has 32 heavy (non-hydrogen) atoms. The van der Waals surface area contributed by atoms with E-state index in [1.807, 2.05) is 6.07 Å². The maximum absolute atomic E-state index is 5.79. The summed E-state index contributed by atoms with van der Waals surface area (Å²) in [5.74, 6) is 3.29. The zero-order valence-corrected chi connectivity index (χ0v) is 19.8. The lowest BCUT2D eigenvalue weighted by molar-refractivity contribution is -0.686. The zero-order chi connectivity index (χ0) is 21.4. The van der Waals surface area contributed by atoms with E-state index >= 15 is 0 Å². The lowest BCUT2D eigenvalue weighted by Gasteiger charge is -2.21. The van der Waals surface area contributed by atoms with E-state index in [0.717, 1.165) is 47.8 Å². The fraction of sp³-hybridized carbons (Fsp3) is 0.423. The number of fused-ring (bicyclic) bond motifs is 5. The lowest BCUT2D eigenvalue weighted by atomic mass is 9.89. The average molecular weight is 457 g/mol. The summed E-state index contributed by atoms with van der Waals surface area (Å²) in [6.45, 7) is 3.49. The third-order valence-electron chi connectivity index (χ3n) is 6.52. The number of benzene rings is 2. The average Bonchev–Trinajstić information content (AvgIpc) is 3.26. The highest BCUT2D eigenvalue weighted by atomic mass is 35.5. The minimum absolute atomic E-state index is 0. The summed E-state index contributed by atoms with van der Waals surface area (Å²) in [4.78, 5) is 0. The molecular formula is C26H31ClNO4+. The number of aryl methyl sites for hydroxylation is 3. The van der Waals surface area contributed by atoms with Crippen LogP contribution in [0.4, 0.5) is 0 Å². The summed E-state index contributed by atoms with van der Waals surface area (Å²) in [7, 11) is 3.41. The molecule has 2 aliphatic heterocycles. The highest BCUT2D eigenvalue weighted by molar-refractivity contribution is 5.95. The van der Waals surface area contributed by atoms with E-state index in [-0.39, 0.29) is 12.4 Å². The van der Waals surface area contributed by atoms with E-state index in [4.69, 9.17) is 18.9 Å². The van der Waals surface area contributed by atoms with Gasteiger partial charge in [0.15, 0.2) is 35.7 Å². The van der Waals surface area contributed by atoms with Crippen LogP contribution in [0.1, 0.15) is 43.7 Å². The quantitative estimate of drug-likeness (QED) is 0.340. The second-order valence-electron chi connectivity index (χ2n) is 8.34. The fourth-order valence-corrected chi connectivity index (χ4v) is 4.99. The third kappa shape index (κ3) is 3.73. The number of rotatable bonds is 7. The highest BCUT2D eigenvalue weighted by Gasteiger charge is 2.32. The Hall–Kier alpha value is -2.66. The van der Waals surface area contributed by atoms with Gasteiger partial charge in [-0.05, 0) is 42.7 Å². The van der Waals surface area contributed by atoms with Gasteiger partial charge in [-0.3, -0.25) is 0 Å². The number of hydrogen-bond acceptors (Lipinski definition) is 4. The molecule has 0 aliphatic carbocycles. The summed E-state index contributed by atoms with van der Waals surface area (Å²) in [5.41, 5.74) is 5.28. The van der Waals surface area contributed by atoms with Gasteiger partial charge in [0, 0.05) is 17.4 Å². The number of unbranched alkanes of at least 4 members (excludes halogenated alkanes) is 3. The van der Waals surface area contributed by atoms with Gasteiger partial charge in [0.05, 0.1) is 25.2 Å². The summed E-state index contributed by atoms with van der Waals surface area (Å²) in [6, 6.07) is 8.55. The molecule has 0 amide bonds. The Bertz CT molecular complexity index is 1140. The third-order valence-corrected chi connectivity index (χ3v) is 6.52. The molecule has 0 spiro atoms. The monoisotopic (exact) mass is 456 g/mol. The van der Waals surface area contributed by atoms with Crippen molar-refractivity contribution in [3.63, 3.8) is 0 Å². The lowest BCUT2D eigenvalue weighted by Crippen LogP contribution is -2.41. The molecule has 170 valence electrons. The van der Waals surface area contributed by atoms with Crippen LogP contribution in [-0.4, -0.2) is 21.0 Å². The van der Waals surface area contributed by atoms with Crippen molar-refractivity contribution in [1.82, 2.24) is 0 Å². The van der Waals surface area contributed by atoms with E-state index in [0.29, 0.717) is 6.79 Å². The first-order valence-electron chi connectivity index (χ1n) is 11.3. The number of nitrogens with zero attached hydrogens (tertiary/aromatic N) is 1. The predicted octanol–water partition coefficient (Wildman–Crippen LogP) is 5.64. The fourth-order valence-electron chi connectivity index (χ4n) is 4.99. The molecular weight excluding hydrogens is 426 g/mol. The SMILES string of the molecule is CCCCCCc1c2[n+](cc3c(OC)c(OC)ccc13)CCc1cc3c(cc1-2)OCO3.Cl. The minimum Gasteiger partial charge on any atom is -0.493 e. The number of methoxy groups -OCH3 is 2. The Labute approximate surface area is 195 Å². The standard InChI is InChI=1S/C26H30NO4.ClH/c1-4-5-6-7-8-19-18-9-10-22(28-2)26(29-3)21(18)15-27-12-11-17-13-23-24(31-16-30-23)14-20(17)25(19)27;/h9-10,13-15H,4-8,11-12,16H2,1-3H3;1H/q+1;. The minimum atomic E-state index is 0. The van der Waals surface area contributed by atoms with Crippen molar-refractivity contribution in [2.45, 2.75) is 52.0 Å². The van der Waals surface area contributed by atoms with Crippen molar-refractivity contribution < 1.29 is 23.5 Å². The van der Waals surface area contributed by atoms with E-state index in [1.54, 1.807) is 14.2 Å². The maximum Gasteiger partial charge on any atom is 0.231 e. The zero-order valence-electron chi connectivity index (χ0n) is 19.0. The molecule has 0 unspecified atom stereocenters. The molecule has 3 aromatic rings. The molecule has 5 nitrogen and oxygen atoms in total. The van der Waals surface area contributed by atoms with Gasteiger partial charge in [0.25, 0.3) is 0 Å². The van der Waals surface area contributed by atoms with E-state index in [2.05, 4.69) is 35.9 Å². The molecule has 2 aromatic carbocycles. The number of aromatic nitrogens is 1. The Morgan fingerprint density at radius 2 is 1.78 bits per heavy atom. The van der Waals surface area contributed by atoms with Gasteiger partial charge < -0.3 is 18.9 Å². The normalized spacial score (nSPS) is 13.3. The van der Waals surface area contributed by atoms with Crippen LogP contribution in [0.5, 0.6) is 23.0 Å². The van der Waals surface area contributed by atoms with Gasteiger partial charge in [-0.15, -0.1) is 12.4 Å². The number of ether oxygens (including phenoxy) is 4. The van der Waals surface area contributed by atoms with Gasteiger partial charge in [-0.25, -0.2) is 0 Å². The molecule has 0 fully saturated rings. The van der Waals surface area contributed by atoms with Crippen LogP contribution in [0, 0.1) is 0 Å². The Kier molecular flexibility index (Phi) is 6.66. The summed E-state index contributed by atoms with van der Waals surface area (Å²) in [5, 5.41) is 2.35. The topological polar surface area (TPSA) is 40.8 Å². The molecule has 0 bridgehead atoms. The molecule has 0 saturated carbocycles. The van der Waals surface area contributed by atoms with Crippen molar-refractivity contribution in [3.05, 3.63) is 41.6 Å². The van der Waals surface area contributed by atoms with Crippen LogP contribution in [0.15, 0.2) is 30.5 Å². The van der Waals surface area contributed by atoms with Crippen molar-refractivity contribution in [2.75, 3.05) is 21.0 Å². The number of pyridine rings is 1. The summed E-state index contributed by atoms with van der Waals surface area (Å²) in [6.07, 6.45) is 9.16. The second kappa shape index (κ2) is 9.45. The van der Waals surface area contributed by atoms with E-state index < -0.39 is 0 Å². The molecule has 1 aromatic heterocycles. The molecule has 5 rings (SSSR count). The summed E-state index contributed by atoms with van der Waals surface area (Å²) >= 11 is 0. The van der Waals surface area contributed by atoms with E-state index in [9.17, 15) is 0 Å². The first-order chi connectivity index (χ1) is 15.2. The molecule has 0 saturated heterocycles. The van der Waals surface area contributed by atoms with E-state index in [1.165, 1.54) is 53.5 Å². The van der Waals surface area contributed by atoms with Crippen LogP contribution in [-0.2, 0) is 19.4 Å². The molecule has 0 N–H and O–H groups in total. The highest BCUT2D eigenvalue weighted by Crippen LogP contribution is 2.43. The molecule has 0 radical (unpaired) electrons. The van der Waals surface area contributed by atoms with Gasteiger partial charge >= 0.3 is 0 Å². The van der Waals surface area contributed by atoms with Crippen LogP contribution in [0.2, 0.25) is 0 Å². The Balaban J connectivity index is 0.00000245. The Morgan fingerprint density at radius 3 is 2.53 bits per heavy atom. The van der Waals surface area contributed by atoms with Crippen molar-refractivity contribution in [1.29, 1.82) is 0 Å². The van der Waals surface area contributed by atoms with Crippen molar-refractivity contribution >= 4 is 23.2 Å². The van der Waals surface area contributed by atoms with Crippen LogP contribution >= 0.6 is 12.4 Å². The predicted molar refractivity (Wildman–Crippen MR) is 128 cm³/mol. The van der Waals surface area contributed by atoms with Gasteiger partial charge in [-0.2, -0.15) is 4.57 Å². The Morgan fingerprint density at radius 1 is 0.969 bits per heavy atom. The van der Waals surface area contributed by atoms with Crippen molar-refractivity contribution in [2.24, 2.45) is 0 Å². The van der Waals surface area contributed by atoms with Crippen LogP contribution < -0.4 is 23.5 Å². The maximum atomic E-state index is 5.79. The van der Waals surface area contributed by atoms with Crippen LogP contribution in [0.3, 0.4) is 0 Å². The molecule has 2 aliphatic rings. The number of halogens is 1. The smallest absolute Gasteiger partial charge is 0.231 e. The molecule has 0 atom stereocenters. The van der Waals surface area contributed by atoms with Gasteiger partial charge in [0.1, 0.15) is 0 Å². The second-order valence-corrected chi connectivity index (χ2v) is 8.34. The molecule has 3 heterocycles. The molecule has 6 heteroatoms. The largest absolute Gasteiger partial charge is 0.493 e. The van der Waals surface area contributed by atoms with Gasteiger partial charge in [-0.1, -0.05) is 26.2 Å². The first kappa shape index (κ1) is 22.5. The summed E-state index contributed by atoms with van der Waals surface area (Å²) < 4.78 is 25.1. The first-order valence-corrected chi connectivity index (χ1v) is 11.3. The van der Waals surface area contributed by atoms with Crippen molar-refractivity contribution in [3.8, 4) is 34.3 Å².